The van der Waals surface area contributed by atoms with Crippen molar-refractivity contribution in [3.63, 3.8) is 0 Å². The van der Waals surface area contributed by atoms with Crippen molar-refractivity contribution in [2.45, 2.75) is 69.2 Å². The zero-order valence-corrected chi connectivity index (χ0v) is 22.8. The standard InChI is InChI=1S/C28H29F6N7O2/c29-16-10-22-24(35-12-16)38-27(43)41(22)17-6-8-39(9-7-17)26(42)37-21-5-4-15(19-2-1-3-20(30)23(19)31)14-40-18(11-28(32,33)34)13-36-25(21)40/h1-3,10,12-13,15,17,21,26,37,42H,4-9,11,14H2,(H,35,38,43)/t15-,21-,26?/m1/s1. The Morgan fingerprint density at radius 2 is 1.84 bits per heavy atom. The van der Waals surface area contributed by atoms with Gasteiger partial charge in [-0.3, -0.25) is 19.8 Å². The molecule has 2 aliphatic heterocycles. The topological polar surface area (TPSA) is 104 Å². The fourth-order valence-corrected chi connectivity index (χ4v) is 6.33. The third-order valence-electron chi connectivity index (χ3n) is 8.39. The number of piperidine rings is 1. The molecule has 2 aliphatic rings. The van der Waals surface area contributed by atoms with Crippen LogP contribution in [0.3, 0.4) is 0 Å². The summed E-state index contributed by atoms with van der Waals surface area (Å²) in [5.74, 6) is -2.99. The second-order valence-electron chi connectivity index (χ2n) is 11.1. The minimum atomic E-state index is -4.51. The van der Waals surface area contributed by atoms with Gasteiger partial charge in [0.25, 0.3) is 0 Å². The Morgan fingerprint density at radius 3 is 2.58 bits per heavy atom. The summed E-state index contributed by atoms with van der Waals surface area (Å²) >= 11 is 0. The average Bonchev–Trinajstić information content (AvgIpc) is 3.43. The zero-order chi connectivity index (χ0) is 30.5. The molecule has 4 aromatic rings. The van der Waals surface area contributed by atoms with Gasteiger partial charge in [-0.25, -0.2) is 27.9 Å². The predicted octanol–water partition coefficient (Wildman–Crippen LogP) is 4.26. The molecule has 1 aromatic carbocycles. The maximum Gasteiger partial charge on any atom is 0.394 e. The highest BCUT2D eigenvalue weighted by Gasteiger charge is 2.36. The van der Waals surface area contributed by atoms with Crippen molar-refractivity contribution in [3.8, 4) is 0 Å². The maximum atomic E-state index is 14.7. The number of H-pyrrole nitrogens is 1. The number of halogens is 6. The molecule has 15 heteroatoms. The van der Waals surface area contributed by atoms with E-state index in [2.05, 4.69) is 20.3 Å². The number of fused-ring (bicyclic) bond motifs is 2. The normalized spacial score (nSPS) is 21.2. The van der Waals surface area contributed by atoms with Crippen LogP contribution < -0.4 is 11.0 Å². The number of nitrogens with one attached hydrogen (secondary N) is 2. The highest BCUT2D eigenvalue weighted by Crippen LogP contribution is 2.36. The number of hydrogen-bond acceptors (Lipinski definition) is 6. The quantitative estimate of drug-likeness (QED) is 0.223. The number of likely N-dealkylation sites (tertiary alicyclic amines) is 1. The number of benzene rings is 1. The van der Waals surface area contributed by atoms with Crippen LogP contribution in [0, 0.1) is 17.5 Å². The van der Waals surface area contributed by atoms with Crippen molar-refractivity contribution in [1.29, 1.82) is 0 Å². The highest BCUT2D eigenvalue weighted by molar-refractivity contribution is 5.70. The first-order valence-electron chi connectivity index (χ1n) is 14.0. The van der Waals surface area contributed by atoms with E-state index in [4.69, 9.17) is 0 Å². The molecule has 0 radical (unpaired) electrons. The number of aromatic amines is 1. The van der Waals surface area contributed by atoms with Gasteiger partial charge in [0.05, 0.1) is 24.2 Å². The molecule has 43 heavy (non-hydrogen) atoms. The van der Waals surface area contributed by atoms with Crippen molar-refractivity contribution in [3.05, 3.63) is 81.7 Å². The van der Waals surface area contributed by atoms with Crippen LogP contribution in [0.25, 0.3) is 11.2 Å². The molecule has 1 unspecified atom stereocenters. The first kappa shape index (κ1) is 29.4. The second-order valence-corrected chi connectivity index (χ2v) is 11.1. The molecule has 230 valence electrons. The van der Waals surface area contributed by atoms with Gasteiger partial charge in [-0.1, -0.05) is 12.1 Å². The van der Waals surface area contributed by atoms with Crippen LogP contribution in [0.4, 0.5) is 26.3 Å². The van der Waals surface area contributed by atoms with Crippen molar-refractivity contribution in [2.24, 2.45) is 0 Å². The summed E-state index contributed by atoms with van der Waals surface area (Å²) < 4.78 is 85.6. The van der Waals surface area contributed by atoms with Crippen LogP contribution >= 0.6 is 0 Å². The molecule has 1 saturated heterocycles. The van der Waals surface area contributed by atoms with Gasteiger partial charge in [-0.05, 0) is 37.3 Å². The minimum absolute atomic E-state index is 0.0321. The highest BCUT2D eigenvalue weighted by atomic mass is 19.4. The molecule has 3 aromatic heterocycles. The lowest BCUT2D eigenvalue weighted by atomic mass is 9.92. The molecule has 0 amide bonds. The van der Waals surface area contributed by atoms with Gasteiger partial charge >= 0.3 is 11.9 Å². The fraction of sp³-hybridized carbons (Fsp3) is 0.464. The molecule has 3 atom stereocenters. The summed E-state index contributed by atoms with van der Waals surface area (Å²) in [7, 11) is 0. The Kier molecular flexibility index (Phi) is 7.81. The molecule has 1 fully saturated rings. The molecule has 3 N–H and O–H groups in total. The molecule has 0 bridgehead atoms. The summed E-state index contributed by atoms with van der Waals surface area (Å²) in [6.07, 6.45) is -3.29. The molecule has 0 aliphatic carbocycles. The largest absolute Gasteiger partial charge is 0.394 e. The van der Waals surface area contributed by atoms with Gasteiger partial charge in [0.2, 0.25) is 0 Å². The van der Waals surface area contributed by atoms with Crippen molar-refractivity contribution < 1.29 is 31.4 Å². The monoisotopic (exact) mass is 609 g/mol. The average molecular weight is 610 g/mol. The summed E-state index contributed by atoms with van der Waals surface area (Å²) in [6.45, 7) is 0.687. The summed E-state index contributed by atoms with van der Waals surface area (Å²) in [4.78, 5) is 25.1. The summed E-state index contributed by atoms with van der Waals surface area (Å²) in [6, 6.07) is 4.08. The van der Waals surface area contributed by atoms with E-state index in [0.717, 1.165) is 18.5 Å². The third kappa shape index (κ3) is 5.93. The van der Waals surface area contributed by atoms with Crippen LogP contribution in [0.2, 0.25) is 0 Å². The second kappa shape index (κ2) is 11.4. The Hall–Kier alpha value is -3.69. The summed E-state index contributed by atoms with van der Waals surface area (Å²) in [5, 5.41) is 14.2. The third-order valence-corrected chi connectivity index (χ3v) is 8.39. The van der Waals surface area contributed by atoms with Crippen LogP contribution in [-0.4, -0.2) is 59.7 Å². The van der Waals surface area contributed by atoms with E-state index >= 15 is 0 Å². The van der Waals surface area contributed by atoms with Crippen molar-refractivity contribution in [2.75, 3.05) is 13.1 Å². The fourth-order valence-electron chi connectivity index (χ4n) is 6.33. The van der Waals surface area contributed by atoms with E-state index in [0.29, 0.717) is 44.3 Å². The number of aliphatic hydroxyl groups excluding tert-OH is 1. The lowest BCUT2D eigenvalue weighted by molar-refractivity contribution is -0.128. The van der Waals surface area contributed by atoms with Crippen LogP contribution in [-0.2, 0) is 13.0 Å². The number of hydrogen-bond donors (Lipinski definition) is 3. The van der Waals surface area contributed by atoms with Gasteiger partial charge in [-0.15, -0.1) is 0 Å². The lowest BCUT2D eigenvalue weighted by Gasteiger charge is -2.37. The summed E-state index contributed by atoms with van der Waals surface area (Å²) in [5.41, 5.74) is 0.188. The van der Waals surface area contributed by atoms with Crippen LogP contribution in [0.5, 0.6) is 0 Å². The number of nitrogens with zero attached hydrogens (tertiary/aromatic N) is 5. The number of rotatable bonds is 6. The Morgan fingerprint density at radius 1 is 1.07 bits per heavy atom. The van der Waals surface area contributed by atoms with Gasteiger partial charge in [0, 0.05) is 49.6 Å². The molecular weight excluding hydrogens is 580 g/mol. The SMILES string of the molecule is O=c1[nH]c2ncc(F)cc2n1C1CCN(C(O)N[C@@H]2CC[C@@H](c3cccc(F)c3F)Cn3c(CC(F)(F)F)cnc32)CC1. The predicted molar refractivity (Wildman–Crippen MR) is 142 cm³/mol. The van der Waals surface area contributed by atoms with E-state index in [1.54, 1.807) is 4.90 Å². The van der Waals surface area contributed by atoms with E-state index in [1.807, 2.05) is 0 Å². The molecule has 5 heterocycles. The Balaban J connectivity index is 1.20. The van der Waals surface area contributed by atoms with Gasteiger partial charge in [-0.2, -0.15) is 13.2 Å². The minimum Gasteiger partial charge on any atom is -0.365 e. The van der Waals surface area contributed by atoms with Gasteiger partial charge < -0.3 is 9.67 Å². The number of aromatic nitrogens is 5. The molecule has 0 saturated carbocycles. The molecule has 6 rings (SSSR count). The van der Waals surface area contributed by atoms with Crippen molar-refractivity contribution in [1.82, 2.24) is 34.3 Å². The number of aliphatic hydroxyl groups is 1. The Labute approximate surface area is 241 Å². The molecule has 9 nitrogen and oxygen atoms in total. The van der Waals surface area contributed by atoms with E-state index in [1.165, 1.54) is 27.3 Å². The van der Waals surface area contributed by atoms with Gasteiger partial charge in [0.15, 0.2) is 23.6 Å². The van der Waals surface area contributed by atoms with Gasteiger partial charge in [0.1, 0.15) is 11.6 Å². The Bertz CT molecular complexity index is 1670. The van der Waals surface area contributed by atoms with E-state index < -0.39 is 54.1 Å². The van der Waals surface area contributed by atoms with Crippen LogP contribution in [0.1, 0.15) is 60.8 Å². The smallest absolute Gasteiger partial charge is 0.365 e. The molecule has 0 spiro atoms. The van der Waals surface area contributed by atoms with E-state index in [9.17, 15) is 36.2 Å². The maximum absolute atomic E-state index is 14.7. The zero-order valence-electron chi connectivity index (χ0n) is 22.8. The van der Waals surface area contributed by atoms with E-state index in [-0.39, 0.29) is 35.3 Å². The first-order valence-corrected chi connectivity index (χ1v) is 14.0. The molecular formula is C28H29F6N7O2. The lowest BCUT2D eigenvalue weighted by Crippen LogP contribution is -2.50. The number of pyridine rings is 1. The van der Waals surface area contributed by atoms with Crippen molar-refractivity contribution >= 4 is 11.2 Å². The number of alkyl halides is 3. The van der Waals surface area contributed by atoms with Crippen LogP contribution in [0.15, 0.2) is 41.5 Å². The first-order chi connectivity index (χ1) is 20.5. The number of imidazole rings is 2.